The summed E-state index contributed by atoms with van der Waals surface area (Å²) in [7, 11) is 0. The van der Waals surface area contributed by atoms with Gasteiger partial charge in [0.15, 0.2) is 0 Å². The third kappa shape index (κ3) is 3.50. The molecule has 0 heterocycles. The van der Waals surface area contributed by atoms with Crippen LogP contribution in [0, 0.1) is 17.6 Å². The molecule has 2 atom stereocenters. The minimum atomic E-state index is -2.30. The molecule has 2 aliphatic carbocycles. The number of allylic oxidation sites excluding steroid dienone is 5. The van der Waals surface area contributed by atoms with Crippen LogP contribution in [-0.2, 0) is 20.4 Å². The van der Waals surface area contributed by atoms with Crippen molar-refractivity contribution in [1.82, 2.24) is 0 Å². The molecule has 0 fully saturated rings. The van der Waals surface area contributed by atoms with Gasteiger partial charge >= 0.3 is 187 Å². The summed E-state index contributed by atoms with van der Waals surface area (Å²) in [6.07, 6.45) is 2.30. The Labute approximate surface area is 186 Å². The van der Waals surface area contributed by atoms with E-state index in [9.17, 15) is 4.39 Å². The van der Waals surface area contributed by atoms with E-state index in [1.807, 2.05) is 30.3 Å². The molecule has 0 aromatic heterocycles. The molecule has 2 aliphatic rings. The Kier molecular flexibility index (Phi) is 6.03. The molecule has 0 saturated heterocycles. The van der Waals surface area contributed by atoms with Crippen molar-refractivity contribution < 1.29 is 29.1 Å². The Morgan fingerprint density at radius 2 is 1.60 bits per heavy atom. The van der Waals surface area contributed by atoms with Crippen molar-refractivity contribution in [3.8, 4) is 0 Å². The average Bonchev–Trinajstić information content (AvgIpc) is 3.16. The van der Waals surface area contributed by atoms with Gasteiger partial charge in [-0.05, 0) is 0 Å². The SMILES string of the molecule is CC1=C(C)C(C)[C]([Zr]([CH]2C=C(c3ccccc3)c3cc(F)cc(F)c32)=[Si](C)C)=C1C. The number of rotatable bonds is 3. The van der Waals surface area contributed by atoms with E-state index in [0.717, 1.165) is 28.3 Å². The summed E-state index contributed by atoms with van der Waals surface area (Å²) >= 11 is -2.30. The third-order valence-electron chi connectivity index (χ3n) is 6.89. The number of benzene rings is 2. The first kappa shape index (κ1) is 21.8. The second-order valence-corrected chi connectivity index (χ2v) is 26.2. The van der Waals surface area contributed by atoms with E-state index >= 15 is 4.39 Å². The first-order chi connectivity index (χ1) is 14.2. The van der Waals surface area contributed by atoms with Gasteiger partial charge in [0.05, 0.1) is 0 Å². The predicted molar refractivity (Wildman–Crippen MR) is 120 cm³/mol. The van der Waals surface area contributed by atoms with E-state index in [-0.39, 0.29) is 9.44 Å². The van der Waals surface area contributed by atoms with Crippen LogP contribution in [-0.4, -0.2) is 5.43 Å². The Morgan fingerprint density at radius 3 is 2.17 bits per heavy atom. The number of fused-ring (bicyclic) bond motifs is 1. The molecular weight excluding hydrogens is 470 g/mol. The molecule has 30 heavy (non-hydrogen) atoms. The topological polar surface area (TPSA) is 0 Å². The van der Waals surface area contributed by atoms with E-state index < -0.39 is 31.6 Å². The zero-order valence-electron chi connectivity index (χ0n) is 18.5. The first-order valence-electron chi connectivity index (χ1n) is 10.5. The Bertz CT molecular complexity index is 1170. The van der Waals surface area contributed by atoms with Crippen molar-refractivity contribution in [2.45, 2.75) is 44.4 Å². The van der Waals surface area contributed by atoms with Crippen molar-refractivity contribution >= 4 is 11.0 Å². The van der Waals surface area contributed by atoms with E-state index in [2.05, 4.69) is 46.9 Å². The molecule has 0 N–H and O–H groups in total. The van der Waals surface area contributed by atoms with E-state index in [4.69, 9.17) is 0 Å². The maximum atomic E-state index is 15.3. The number of hydrogen-bond acceptors (Lipinski definition) is 0. The summed E-state index contributed by atoms with van der Waals surface area (Å²) in [5.41, 5.74) is 7.28. The molecule has 0 amide bonds. The summed E-state index contributed by atoms with van der Waals surface area (Å²) in [4.78, 5) is 0. The standard InChI is InChI=1S/C15H9F2.C9H13.C2H6Si.Zr/c16-11-8-14-12(10-4-2-1-3-5-10)6-7-13(14)15(17)9-11;1-6-5-7(2)9(4)8(6)3;1-3-2;/h1-9H;6H,1-4H3;1-2H3;. The van der Waals surface area contributed by atoms with Gasteiger partial charge in [0, 0.05) is 0 Å². The number of halogens is 2. The summed E-state index contributed by atoms with van der Waals surface area (Å²) < 4.78 is 31.3. The zero-order valence-corrected chi connectivity index (χ0v) is 22.0. The van der Waals surface area contributed by atoms with Gasteiger partial charge in [-0.2, -0.15) is 0 Å². The fraction of sp³-hybridized carbons (Fsp3) is 0.308. The van der Waals surface area contributed by atoms with Crippen LogP contribution in [0.15, 0.2) is 68.5 Å². The molecule has 0 nitrogen and oxygen atoms in total. The first-order valence-corrected chi connectivity index (χ1v) is 19.4. The normalized spacial score (nSPS) is 20.6. The van der Waals surface area contributed by atoms with Crippen molar-refractivity contribution in [2.24, 2.45) is 5.92 Å². The van der Waals surface area contributed by atoms with Gasteiger partial charge < -0.3 is 0 Å². The molecule has 0 aliphatic heterocycles. The molecule has 0 radical (unpaired) electrons. The van der Waals surface area contributed by atoms with Crippen LogP contribution in [0.5, 0.6) is 0 Å². The van der Waals surface area contributed by atoms with Gasteiger partial charge in [0.25, 0.3) is 0 Å². The van der Waals surface area contributed by atoms with Gasteiger partial charge in [0.1, 0.15) is 0 Å². The van der Waals surface area contributed by atoms with Crippen molar-refractivity contribution in [3.05, 3.63) is 96.9 Å². The summed E-state index contributed by atoms with van der Waals surface area (Å²) in [5, 5.41) is 0. The quantitative estimate of drug-likeness (QED) is 0.383. The average molecular weight is 498 g/mol. The second kappa shape index (κ2) is 8.28. The van der Waals surface area contributed by atoms with Crippen molar-refractivity contribution in [2.75, 3.05) is 0 Å². The molecule has 2 aromatic carbocycles. The predicted octanol–water partition coefficient (Wildman–Crippen LogP) is 7.58. The van der Waals surface area contributed by atoms with Crippen LogP contribution < -0.4 is 0 Å². The third-order valence-corrected chi connectivity index (χ3v) is 25.4. The Morgan fingerprint density at radius 1 is 0.933 bits per heavy atom. The van der Waals surface area contributed by atoms with E-state index in [0.29, 0.717) is 5.92 Å². The molecular formula is C26H28F2SiZr. The minimum absolute atomic E-state index is 0.133. The second-order valence-electron chi connectivity index (χ2n) is 8.75. The van der Waals surface area contributed by atoms with Crippen LogP contribution in [0.1, 0.15) is 48.0 Å². The van der Waals surface area contributed by atoms with Crippen LogP contribution >= 0.6 is 0 Å². The molecule has 0 saturated carbocycles. The molecule has 0 bridgehead atoms. The van der Waals surface area contributed by atoms with E-state index in [1.165, 1.54) is 16.7 Å². The van der Waals surface area contributed by atoms with Crippen LogP contribution in [0.2, 0.25) is 13.1 Å². The van der Waals surface area contributed by atoms with Gasteiger partial charge in [0.2, 0.25) is 0 Å². The van der Waals surface area contributed by atoms with Gasteiger partial charge in [-0.25, -0.2) is 0 Å². The Balaban J connectivity index is 1.97. The monoisotopic (exact) mass is 496 g/mol. The molecule has 0 spiro atoms. The van der Waals surface area contributed by atoms with Crippen LogP contribution in [0.3, 0.4) is 0 Å². The fourth-order valence-electron chi connectivity index (χ4n) is 5.11. The molecule has 2 aromatic rings. The summed E-state index contributed by atoms with van der Waals surface area (Å²) in [5.74, 6) is -0.403. The maximum absolute atomic E-state index is 15.3. The summed E-state index contributed by atoms with van der Waals surface area (Å²) in [6.45, 7) is 13.9. The van der Waals surface area contributed by atoms with Crippen LogP contribution in [0.25, 0.3) is 5.57 Å². The zero-order chi connectivity index (χ0) is 21.7. The van der Waals surface area contributed by atoms with Crippen molar-refractivity contribution in [3.63, 3.8) is 0 Å². The number of hydrogen-bond donors (Lipinski definition) is 0. The van der Waals surface area contributed by atoms with Gasteiger partial charge in [-0.15, -0.1) is 0 Å². The summed E-state index contributed by atoms with van der Waals surface area (Å²) in [6, 6.07) is 12.7. The fourth-order valence-corrected chi connectivity index (χ4v) is 24.8. The van der Waals surface area contributed by atoms with Crippen LogP contribution in [0.4, 0.5) is 8.78 Å². The van der Waals surface area contributed by atoms with Gasteiger partial charge in [-0.1, -0.05) is 0 Å². The molecule has 4 rings (SSSR count). The van der Waals surface area contributed by atoms with Crippen molar-refractivity contribution in [1.29, 1.82) is 0 Å². The molecule has 154 valence electrons. The molecule has 4 heteroatoms. The van der Waals surface area contributed by atoms with E-state index in [1.54, 1.807) is 9.35 Å². The molecule has 2 unspecified atom stereocenters. The van der Waals surface area contributed by atoms with Gasteiger partial charge in [-0.3, -0.25) is 0 Å². The Hall–Kier alpha value is -1.38.